The van der Waals surface area contributed by atoms with Gasteiger partial charge in [-0.3, -0.25) is 9.89 Å². The molecule has 0 unspecified atom stereocenters. The molecule has 0 fully saturated rings. The van der Waals surface area contributed by atoms with Crippen LogP contribution in [0.5, 0.6) is 0 Å². The lowest BCUT2D eigenvalue weighted by Crippen LogP contribution is -2.16. The van der Waals surface area contributed by atoms with Crippen LogP contribution in [0.3, 0.4) is 0 Å². The number of carbonyl (C=O) groups is 2. The van der Waals surface area contributed by atoms with Gasteiger partial charge in [-0.05, 0) is 24.8 Å². The zero-order valence-electron chi connectivity index (χ0n) is 10.7. The number of nitrogens with one attached hydrogen (secondary N) is 2. The number of hydrogen-bond acceptors (Lipinski definition) is 6. The fourth-order valence-corrected chi connectivity index (χ4v) is 3.56. The molecule has 7 nitrogen and oxygen atoms in total. The Morgan fingerprint density at radius 1 is 1.45 bits per heavy atom. The summed E-state index contributed by atoms with van der Waals surface area (Å²) in [7, 11) is 1.34. The number of esters is 1. The predicted molar refractivity (Wildman–Crippen MR) is 72.0 cm³/mol. The molecule has 0 aliphatic heterocycles. The quantitative estimate of drug-likeness (QED) is 0.833. The summed E-state index contributed by atoms with van der Waals surface area (Å²) in [6.45, 7) is 0. The summed E-state index contributed by atoms with van der Waals surface area (Å²) in [5.41, 5.74) is 1.47. The van der Waals surface area contributed by atoms with E-state index >= 15 is 0 Å². The number of carbonyl (C=O) groups excluding carboxylic acids is 2. The number of thiophene rings is 1. The lowest BCUT2D eigenvalue weighted by molar-refractivity contribution is 0.0601. The highest BCUT2D eigenvalue weighted by Gasteiger charge is 2.28. The summed E-state index contributed by atoms with van der Waals surface area (Å²) >= 11 is 1.42. The Labute approximate surface area is 118 Å². The van der Waals surface area contributed by atoms with Crippen LogP contribution in [0.1, 0.15) is 37.8 Å². The first-order valence-electron chi connectivity index (χ1n) is 6.10. The van der Waals surface area contributed by atoms with Gasteiger partial charge in [-0.25, -0.2) is 9.78 Å². The molecule has 2 N–H and O–H groups in total. The van der Waals surface area contributed by atoms with Crippen LogP contribution in [-0.2, 0) is 17.6 Å². The van der Waals surface area contributed by atoms with Crippen LogP contribution in [0.25, 0.3) is 0 Å². The molecule has 3 rings (SSSR count). The van der Waals surface area contributed by atoms with Crippen molar-refractivity contribution < 1.29 is 14.3 Å². The van der Waals surface area contributed by atoms with E-state index in [4.69, 9.17) is 4.74 Å². The molecule has 0 spiro atoms. The summed E-state index contributed by atoms with van der Waals surface area (Å²) in [4.78, 5) is 28.8. The van der Waals surface area contributed by atoms with E-state index in [-0.39, 0.29) is 5.82 Å². The Morgan fingerprint density at radius 3 is 3.00 bits per heavy atom. The van der Waals surface area contributed by atoms with E-state index in [1.807, 2.05) is 0 Å². The smallest absolute Gasteiger partial charge is 0.341 e. The Balaban J connectivity index is 1.93. The summed E-state index contributed by atoms with van der Waals surface area (Å²) in [5, 5.41) is 9.33. The van der Waals surface area contributed by atoms with Gasteiger partial charge in [0.2, 0.25) is 5.82 Å². The average molecular weight is 292 g/mol. The molecule has 1 amide bonds. The number of anilines is 1. The molecular weight excluding hydrogens is 280 g/mol. The van der Waals surface area contributed by atoms with E-state index in [1.165, 1.54) is 24.8 Å². The molecule has 1 aliphatic rings. The number of nitrogens with zero attached hydrogens (tertiary/aromatic N) is 2. The number of aromatic amines is 1. The molecule has 104 valence electrons. The minimum Gasteiger partial charge on any atom is -0.465 e. The lowest BCUT2D eigenvalue weighted by atomic mass is 10.1. The maximum Gasteiger partial charge on any atom is 0.341 e. The Hall–Kier alpha value is -2.22. The third kappa shape index (κ3) is 2.07. The van der Waals surface area contributed by atoms with Crippen LogP contribution in [-0.4, -0.2) is 34.2 Å². The van der Waals surface area contributed by atoms with Gasteiger partial charge in [0.1, 0.15) is 11.3 Å². The molecule has 2 aromatic rings. The highest BCUT2D eigenvalue weighted by Crippen LogP contribution is 2.39. The van der Waals surface area contributed by atoms with Gasteiger partial charge in [0, 0.05) is 4.88 Å². The molecule has 2 heterocycles. The number of aromatic nitrogens is 3. The second kappa shape index (κ2) is 5.04. The normalized spacial score (nSPS) is 13.1. The minimum atomic E-state index is -0.424. The molecule has 0 saturated heterocycles. The fraction of sp³-hybridized carbons (Fsp3) is 0.333. The molecule has 0 saturated carbocycles. The maximum absolute atomic E-state index is 12.0. The highest BCUT2D eigenvalue weighted by atomic mass is 32.1. The van der Waals surface area contributed by atoms with E-state index in [2.05, 4.69) is 20.5 Å². The van der Waals surface area contributed by atoms with E-state index in [0.29, 0.717) is 10.6 Å². The third-order valence-electron chi connectivity index (χ3n) is 3.17. The topological polar surface area (TPSA) is 97.0 Å². The van der Waals surface area contributed by atoms with Crippen molar-refractivity contribution in [3.05, 3.63) is 28.2 Å². The first kappa shape index (κ1) is 12.8. The number of H-pyrrole nitrogens is 1. The molecule has 0 atom stereocenters. The SMILES string of the molecule is COC(=O)c1c(NC(=O)c2ncn[nH]2)sc2c1CCC2. The van der Waals surface area contributed by atoms with Crippen LogP contribution in [0, 0.1) is 0 Å². The van der Waals surface area contributed by atoms with Crippen molar-refractivity contribution in [1.29, 1.82) is 0 Å². The van der Waals surface area contributed by atoms with Gasteiger partial charge < -0.3 is 10.1 Å². The van der Waals surface area contributed by atoms with Crippen LogP contribution in [0.4, 0.5) is 5.00 Å². The zero-order valence-corrected chi connectivity index (χ0v) is 11.5. The molecule has 2 aromatic heterocycles. The molecule has 1 aliphatic carbocycles. The number of fused-ring (bicyclic) bond motifs is 1. The zero-order chi connectivity index (χ0) is 14.1. The number of ether oxygens (including phenoxy) is 1. The molecule has 20 heavy (non-hydrogen) atoms. The van der Waals surface area contributed by atoms with E-state index in [9.17, 15) is 9.59 Å². The second-order valence-electron chi connectivity index (χ2n) is 4.34. The Bertz CT molecular complexity index is 663. The summed E-state index contributed by atoms with van der Waals surface area (Å²) in [6.07, 6.45) is 4.06. The summed E-state index contributed by atoms with van der Waals surface area (Å²) < 4.78 is 4.81. The van der Waals surface area contributed by atoms with Gasteiger partial charge in [-0.1, -0.05) is 0 Å². The van der Waals surface area contributed by atoms with Crippen LogP contribution >= 0.6 is 11.3 Å². The van der Waals surface area contributed by atoms with Crippen molar-refractivity contribution >= 4 is 28.2 Å². The van der Waals surface area contributed by atoms with Gasteiger partial charge in [-0.2, -0.15) is 5.10 Å². The summed E-state index contributed by atoms with van der Waals surface area (Å²) in [6, 6.07) is 0. The van der Waals surface area contributed by atoms with E-state index < -0.39 is 11.9 Å². The first-order valence-corrected chi connectivity index (χ1v) is 6.92. The van der Waals surface area contributed by atoms with Crippen molar-refractivity contribution in [3.8, 4) is 0 Å². The van der Waals surface area contributed by atoms with Gasteiger partial charge in [0.25, 0.3) is 5.91 Å². The number of rotatable bonds is 3. The number of amides is 1. The standard InChI is InChI=1S/C12H12N4O3S/c1-19-12(18)8-6-3-2-4-7(6)20-11(8)15-10(17)9-13-5-14-16-9/h5H,2-4H2,1H3,(H,15,17)(H,13,14,16). The number of hydrogen-bond donors (Lipinski definition) is 2. The Kier molecular flexibility index (Phi) is 3.23. The molecule has 8 heteroatoms. The van der Waals surface area contributed by atoms with Crippen molar-refractivity contribution in [2.45, 2.75) is 19.3 Å². The van der Waals surface area contributed by atoms with Gasteiger partial charge in [0.05, 0.1) is 12.7 Å². The summed E-state index contributed by atoms with van der Waals surface area (Å²) in [5.74, 6) is -0.737. The monoisotopic (exact) mass is 292 g/mol. The molecule has 0 aromatic carbocycles. The molecule has 0 radical (unpaired) electrons. The van der Waals surface area contributed by atoms with Gasteiger partial charge in [0.15, 0.2) is 0 Å². The first-order chi connectivity index (χ1) is 9.70. The highest BCUT2D eigenvalue weighted by molar-refractivity contribution is 7.17. The number of methoxy groups -OCH3 is 1. The largest absolute Gasteiger partial charge is 0.465 e. The van der Waals surface area contributed by atoms with Crippen LogP contribution in [0.2, 0.25) is 0 Å². The van der Waals surface area contributed by atoms with Gasteiger partial charge >= 0.3 is 5.97 Å². The average Bonchev–Trinajstić information content (AvgIpc) is 3.13. The molecule has 0 bridgehead atoms. The predicted octanol–water partition coefficient (Wildman–Crippen LogP) is 1.39. The third-order valence-corrected chi connectivity index (χ3v) is 4.38. The van der Waals surface area contributed by atoms with E-state index in [0.717, 1.165) is 29.7 Å². The van der Waals surface area contributed by atoms with Crippen molar-refractivity contribution in [1.82, 2.24) is 15.2 Å². The van der Waals surface area contributed by atoms with E-state index in [1.54, 1.807) is 0 Å². The Morgan fingerprint density at radius 2 is 2.30 bits per heavy atom. The lowest BCUT2D eigenvalue weighted by Gasteiger charge is -2.05. The van der Waals surface area contributed by atoms with Crippen molar-refractivity contribution in [3.63, 3.8) is 0 Å². The second-order valence-corrected chi connectivity index (χ2v) is 5.45. The van der Waals surface area contributed by atoms with Crippen LogP contribution in [0.15, 0.2) is 6.33 Å². The maximum atomic E-state index is 12.0. The van der Waals surface area contributed by atoms with Gasteiger partial charge in [-0.15, -0.1) is 11.3 Å². The molecular formula is C12H12N4O3S. The van der Waals surface area contributed by atoms with Crippen molar-refractivity contribution in [2.24, 2.45) is 0 Å². The number of aryl methyl sites for hydroxylation is 1. The van der Waals surface area contributed by atoms with Crippen molar-refractivity contribution in [2.75, 3.05) is 12.4 Å². The minimum absolute atomic E-state index is 0.106. The fourth-order valence-electron chi connectivity index (χ4n) is 2.29. The van der Waals surface area contributed by atoms with Crippen LogP contribution < -0.4 is 5.32 Å².